The molecular weight excluding hydrogens is 254 g/mol. The lowest BCUT2D eigenvalue weighted by molar-refractivity contribution is 0.0603. The van der Waals surface area contributed by atoms with Gasteiger partial charge in [0, 0.05) is 13.2 Å². The highest BCUT2D eigenvalue weighted by atomic mass is 16.5. The summed E-state index contributed by atoms with van der Waals surface area (Å²) in [5.74, 6) is 1.99. The van der Waals surface area contributed by atoms with Gasteiger partial charge in [0.2, 0.25) is 0 Å². The van der Waals surface area contributed by atoms with Gasteiger partial charge >= 0.3 is 0 Å². The smallest absolute Gasteiger partial charge is 0.196 e. The van der Waals surface area contributed by atoms with Crippen LogP contribution in [0.2, 0.25) is 0 Å². The molecule has 1 unspecified atom stereocenters. The van der Waals surface area contributed by atoms with E-state index in [9.17, 15) is 0 Å². The van der Waals surface area contributed by atoms with E-state index in [0.29, 0.717) is 17.9 Å². The number of methoxy groups -OCH3 is 1. The molecule has 0 radical (unpaired) electrons. The third kappa shape index (κ3) is 2.33. The van der Waals surface area contributed by atoms with Crippen LogP contribution in [0.3, 0.4) is 0 Å². The van der Waals surface area contributed by atoms with E-state index in [1.54, 1.807) is 7.11 Å². The molecule has 0 bridgehead atoms. The average molecular weight is 275 g/mol. The topological polar surface area (TPSA) is 60.1 Å². The molecule has 0 saturated carbocycles. The second-order valence-electron chi connectivity index (χ2n) is 5.26. The normalized spacial score (nSPS) is 23.8. The van der Waals surface area contributed by atoms with Gasteiger partial charge in [0.05, 0.1) is 25.4 Å². The Morgan fingerprint density at radius 2 is 2.05 bits per heavy atom. The Hall–Kier alpha value is -1.75. The first-order chi connectivity index (χ1) is 9.81. The summed E-state index contributed by atoms with van der Waals surface area (Å²) in [5.41, 5.74) is 7.13. The zero-order chi connectivity index (χ0) is 13.9. The summed E-state index contributed by atoms with van der Waals surface area (Å²) in [7, 11) is 1.69. The fraction of sp³-hybridized carbons (Fsp3) is 0.533. The number of benzene rings is 1. The van der Waals surface area contributed by atoms with Gasteiger partial charge in [0.25, 0.3) is 0 Å². The number of ether oxygens (including phenoxy) is 2. The maximum atomic E-state index is 6.12. The molecule has 0 spiro atoms. The highest BCUT2D eigenvalue weighted by Gasteiger charge is 2.35. The number of para-hydroxylation sites is 2. The Morgan fingerprint density at radius 1 is 1.30 bits per heavy atom. The van der Waals surface area contributed by atoms with Crippen LogP contribution >= 0.6 is 0 Å². The SMILES string of the molecule is COc1ccccc1N1C(N)=NCC1C1CCOCC1. The first-order valence-electron chi connectivity index (χ1n) is 7.11. The van der Waals surface area contributed by atoms with Gasteiger partial charge in [-0.3, -0.25) is 4.99 Å². The van der Waals surface area contributed by atoms with Crippen LogP contribution < -0.4 is 15.4 Å². The van der Waals surface area contributed by atoms with Crippen LogP contribution in [0.5, 0.6) is 5.75 Å². The van der Waals surface area contributed by atoms with Crippen molar-refractivity contribution in [2.45, 2.75) is 18.9 Å². The molecule has 1 saturated heterocycles. The highest BCUT2D eigenvalue weighted by Crippen LogP contribution is 2.35. The Labute approximate surface area is 119 Å². The fourth-order valence-electron chi connectivity index (χ4n) is 3.11. The van der Waals surface area contributed by atoms with Gasteiger partial charge < -0.3 is 20.1 Å². The van der Waals surface area contributed by atoms with Crippen molar-refractivity contribution < 1.29 is 9.47 Å². The van der Waals surface area contributed by atoms with Crippen LogP contribution in [-0.2, 0) is 4.74 Å². The summed E-state index contributed by atoms with van der Waals surface area (Å²) in [6.07, 6.45) is 2.14. The molecule has 1 fully saturated rings. The van der Waals surface area contributed by atoms with E-state index in [4.69, 9.17) is 15.2 Å². The number of guanidine groups is 1. The molecule has 5 nitrogen and oxygen atoms in total. The Morgan fingerprint density at radius 3 is 2.80 bits per heavy atom. The number of rotatable bonds is 3. The van der Waals surface area contributed by atoms with Gasteiger partial charge in [-0.25, -0.2) is 0 Å². The van der Waals surface area contributed by atoms with E-state index in [2.05, 4.69) is 9.89 Å². The molecule has 108 valence electrons. The molecule has 2 N–H and O–H groups in total. The highest BCUT2D eigenvalue weighted by molar-refractivity contribution is 5.98. The molecule has 1 aromatic carbocycles. The van der Waals surface area contributed by atoms with Gasteiger partial charge in [-0.05, 0) is 30.9 Å². The molecule has 0 amide bonds. The molecular formula is C15H21N3O2. The molecule has 2 aliphatic heterocycles. The van der Waals surface area contributed by atoms with E-state index < -0.39 is 0 Å². The number of hydrogen-bond acceptors (Lipinski definition) is 5. The average Bonchev–Trinajstić information content (AvgIpc) is 2.89. The predicted octanol–water partition coefficient (Wildman–Crippen LogP) is 1.63. The Bertz CT molecular complexity index is 498. The minimum absolute atomic E-state index is 0.315. The van der Waals surface area contributed by atoms with E-state index >= 15 is 0 Å². The van der Waals surface area contributed by atoms with E-state index in [-0.39, 0.29) is 0 Å². The first kappa shape index (κ1) is 13.2. The standard InChI is InChI=1S/C15H21N3O2/c1-19-14-5-3-2-4-12(14)18-13(10-17-15(18)16)11-6-8-20-9-7-11/h2-5,11,13H,6-10H2,1H3,(H2,16,17). The van der Waals surface area contributed by atoms with Gasteiger partial charge in [0.1, 0.15) is 5.75 Å². The fourth-order valence-corrected chi connectivity index (χ4v) is 3.11. The monoisotopic (exact) mass is 275 g/mol. The largest absolute Gasteiger partial charge is 0.495 e. The molecule has 0 aliphatic carbocycles. The molecule has 1 atom stereocenters. The number of hydrogen-bond donors (Lipinski definition) is 1. The molecule has 0 aromatic heterocycles. The molecule has 5 heteroatoms. The molecule has 1 aromatic rings. The predicted molar refractivity (Wildman–Crippen MR) is 79.3 cm³/mol. The number of anilines is 1. The van der Waals surface area contributed by atoms with Crippen molar-refractivity contribution in [3.63, 3.8) is 0 Å². The lowest BCUT2D eigenvalue weighted by Crippen LogP contribution is -2.46. The lowest BCUT2D eigenvalue weighted by atomic mass is 9.91. The van der Waals surface area contributed by atoms with Gasteiger partial charge in [-0.15, -0.1) is 0 Å². The maximum absolute atomic E-state index is 6.12. The number of nitrogens with two attached hydrogens (primary N) is 1. The molecule has 2 aliphatic rings. The summed E-state index contributed by atoms with van der Waals surface area (Å²) in [5, 5.41) is 0. The van der Waals surface area contributed by atoms with Crippen molar-refractivity contribution in [2.24, 2.45) is 16.6 Å². The molecule has 20 heavy (non-hydrogen) atoms. The van der Waals surface area contributed by atoms with Crippen molar-refractivity contribution in [3.8, 4) is 5.75 Å². The van der Waals surface area contributed by atoms with Crippen LogP contribution in [0.1, 0.15) is 12.8 Å². The van der Waals surface area contributed by atoms with Crippen molar-refractivity contribution in [1.82, 2.24) is 0 Å². The first-order valence-corrected chi connectivity index (χ1v) is 7.11. The molecule has 3 rings (SSSR count). The second kappa shape index (κ2) is 5.71. The van der Waals surface area contributed by atoms with Gasteiger partial charge in [-0.1, -0.05) is 12.1 Å². The van der Waals surface area contributed by atoms with E-state index in [0.717, 1.165) is 44.0 Å². The van der Waals surface area contributed by atoms with E-state index in [1.165, 1.54) is 0 Å². The van der Waals surface area contributed by atoms with Crippen molar-refractivity contribution in [2.75, 3.05) is 31.8 Å². The summed E-state index contributed by atoms with van der Waals surface area (Å²) < 4.78 is 10.9. The molecule has 2 heterocycles. The Balaban J connectivity index is 1.89. The van der Waals surface area contributed by atoms with Crippen molar-refractivity contribution in [1.29, 1.82) is 0 Å². The zero-order valence-electron chi connectivity index (χ0n) is 11.8. The third-order valence-electron chi connectivity index (χ3n) is 4.17. The van der Waals surface area contributed by atoms with Gasteiger partial charge in [-0.2, -0.15) is 0 Å². The summed E-state index contributed by atoms with van der Waals surface area (Å²) in [4.78, 5) is 6.58. The van der Waals surface area contributed by atoms with Crippen LogP contribution in [0.25, 0.3) is 0 Å². The number of nitrogens with zero attached hydrogens (tertiary/aromatic N) is 2. The van der Waals surface area contributed by atoms with Crippen LogP contribution in [0.15, 0.2) is 29.3 Å². The lowest BCUT2D eigenvalue weighted by Gasteiger charge is -2.35. The minimum Gasteiger partial charge on any atom is -0.495 e. The van der Waals surface area contributed by atoms with Crippen LogP contribution in [0.4, 0.5) is 5.69 Å². The van der Waals surface area contributed by atoms with Crippen molar-refractivity contribution in [3.05, 3.63) is 24.3 Å². The second-order valence-corrected chi connectivity index (χ2v) is 5.26. The summed E-state index contributed by atoms with van der Waals surface area (Å²) in [6.45, 7) is 2.43. The minimum atomic E-state index is 0.315. The van der Waals surface area contributed by atoms with Crippen LogP contribution in [0, 0.1) is 5.92 Å². The van der Waals surface area contributed by atoms with Crippen molar-refractivity contribution >= 4 is 11.6 Å². The van der Waals surface area contributed by atoms with E-state index in [1.807, 2.05) is 24.3 Å². The van der Waals surface area contributed by atoms with Gasteiger partial charge in [0.15, 0.2) is 5.96 Å². The Kier molecular flexibility index (Phi) is 3.78. The summed E-state index contributed by atoms with van der Waals surface area (Å²) in [6, 6.07) is 8.29. The van der Waals surface area contributed by atoms with Crippen LogP contribution in [-0.4, -0.2) is 38.9 Å². The maximum Gasteiger partial charge on any atom is 0.196 e. The number of aliphatic imine (C=N–C) groups is 1. The third-order valence-corrected chi connectivity index (χ3v) is 4.17. The quantitative estimate of drug-likeness (QED) is 0.910. The zero-order valence-corrected chi connectivity index (χ0v) is 11.8. The summed E-state index contributed by atoms with van der Waals surface area (Å²) >= 11 is 0.